The van der Waals surface area contributed by atoms with Crippen LogP contribution in [0.5, 0.6) is 0 Å². The van der Waals surface area contributed by atoms with E-state index >= 15 is 0 Å². The van der Waals surface area contributed by atoms with Crippen LogP contribution in [0.4, 0.5) is 4.39 Å². The van der Waals surface area contributed by atoms with Gasteiger partial charge in [0.25, 0.3) is 5.91 Å². The summed E-state index contributed by atoms with van der Waals surface area (Å²) in [4.78, 5) is 25.0. The molecule has 0 aromatic heterocycles. The Bertz CT molecular complexity index is 515. The summed E-state index contributed by atoms with van der Waals surface area (Å²) in [6, 6.07) is 5.54. The summed E-state index contributed by atoms with van der Waals surface area (Å²) in [5, 5.41) is 8.94. The molecule has 1 aromatic rings. The molecule has 4 nitrogen and oxygen atoms in total. The van der Waals surface area contributed by atoms with Crippen molar-refractivity contribution in [3.63, 3.8) is 0 Å². The van der Waals surface area contributed by atoms with E-state index in [0.29, 0.717) is 25.1 Å². The van der Waals surface area contributed by atoms with Gasteiger partial charge in [-0.2, -0.15) is 0 Å². The van der Waals surface area contributed by atoms with Crippen molar-refractivity contribution in [2.75, 3.05) is 13.1 Å². The molecule has 2 rings (SSSR count). The van der Waals surface area contributed by atoms with Crippen LogP contribution in [-0.2, 0) is 4.79 Å². The minimum Gasteiger partial charge on any atom is -0.481 e. The van der Waals surface area contributed by atoms with Gasteiger partial charge in [-0.3, -0.25) is 9.59 Å². The third-order valence-electron chi connectivity index (χ3n) is 4.23. The molecular weight excluding hydrogens is 273 g/mol. The average molecular weight is 293 g/mol. The van der Waals surface area contributed by atoms with E-state index in [0.717, 1.165) is 6.42 Å². The Morgan fingerprint density at radius 2 is 1.95 bits per heavy atom. The highest BCUT2D eigenvalue weighted by atomic mass is 19.1. The van der Waals surface area contributed by atoms with Gasteiger partial charge in [0, 0.05) is 25.1 Å². The molecule has 1 aliphatic heterocycles. The number of amides is 1. The Morgan fingerprint density at radius 1 is 1.29 bits per heavy atom. The largest absolute Gasteiger partial charge is 0.481 e. The van der Waals surface area contributed by atoms with Crippen LogP contribution in [0.2, 0.25) is 0 Å². The third kappa shape index (κ3) is 3.80. The molecule has 1 N–H and O–H groups in total. The predicted octanol–water partition coefficient (Wildman–Crippen LogP) is 2.79. The van der Waals surface area contributed by atoms with Crippen molar-refractivity contribution in [3.8, 4) is 0 Å². The second kappa shape index (κ2) is 6.70. The van der Waals surface area contributed by atoms with Gasteiger partial charge >= 0.3 is 5.97 Å². The fraction of sp³-hybridized carbons (Fsp3) is 0.500. The Kier molecular flexibility index (Phi) is 4.94. The minimum absolute atomic E-state index is 0.109. The van der Waals surface area contributed by atoms with Gasteiger partial charge in [-0.1, -0.05) is 13.3 Å². The third-order valence-corrected chi connectivity index (χ3v) is 4.23. The van der Waals surface area contributed by atoms with Gasteiger partial charge in [-0.05, 0) is 42.5 Å². The van der Waals surface area contributed by atoms with Gasteiger partial charge in [-0.25, -0.2) is 4.39 Å². The summed E-state index contributed by atoms with van der Waals surface area (Å²) in [7, 11) is 0. The van der Waals surface area contributed by atoms with E-state index in [4.69, 9.17) is 5.11 Å². The summed E-state index contributed by atoms with van der Waals surface area (Å²) >= 11 is 0. The first-order valence-corrected chi connectivity index (χ1v) is 7.28. The van der Waals surface area contributed by atoms with Gasteiger partial charge < -0.3 is 10.0 Å². The van der Waals surface area contributed by atoms with Crippen molar-refractivity contribution in [3.05, 3.63) is 35.6 Å². The highest BCUT2D eigenvalue weighted by molar-refractivity contribution is 5.94. The molecule has 0 radical (unpaired) electrons. The molecule has 1 aromatic carbocycles. The number of nitrogens with zero attached hydrogens (tertiary/aromatic N) is 1. The summed E-state index contributed by atoms with van der Waals surface area (Å²) in [6.45, 7) is 3.15. The quantitative estimate of drug-likeness (QED) is 0.928. The summed E-state index contributed by atoms with van der Waals surface area (Å²) in [5.74, 6) is -0.916. The molecule has 1 saturated heterocycles. The first kappa shape index (κ1) is 15.5. The van der Waals surface area contributed by atoms with E-state index in [9.17, 15) is 14.0 Å². The smallest absolute Gasteiger partial charge is 0.303 e. The van der Waals surface area contributed by atoms with Crippen molar-refractivity contribution in [2.24, 2.45) is 11.8 Å². The van der Waals surface area contributed by atoms with Crippen molar-refractivity contribution < 1.29 is 19.1 Å². The SMILES string of the molecule is CC[C@@H]1CN(C(=O)c2ccc(F)cc2)CC[C@H]1CC(=O)O. The summed E-state index contributed by atoms with van der Waals surface area (Å²) in [5.41, 5.74) is 0.475. The van der Waals surface area contributed by atoms with Crippen LogP contribution in [0.15, 0.2) is 24.3 Å². The zero-order valence-corrected chi connectivity index (χ0v) is 12.1. The Labute approximate surface area is 123 Å². The molecule has 1 amide bonds. The molecular formula is C16H20FNO3. The maximum Gasteiger partial charge on any atom is 0.303 e. The highest BCUT2D eigenvalue weighted by Crippen LogP contribution is 2.29. The van der Waals surface area contributed by atoms with Gasteiger partial charge in [-0.15, -0.1) is 0 Å². The van der Waals surface area contributed by atoms with Crippen LogP contribution >= 0.6 is 0 Å². The molecule has 21 heavy (non-hydrogen) atoms. The first-order valence-electron chi connectivity index (χ1n) is 7.28. The van der Waals surface area contributed by atoms with Crippen LogP contribution in [0.25, 0.3) is 0 Å². The Morgan fingerprint density at radius 3 is 2.52 bits per heavy atom. The fourth-order valence-corrected chi connectivity index (χ4v) is 3.00. The standard InChI is InChI=1S/C16H20FNO3/c1-2-11-10-18(8-7-13(11)9-15(19)20)16(21)12-3-5-14(17)6-4-12/h3-6,11,13H,2,7-10H2,1H3,(H,19,20)/t11-,13+/m1/s1. The number of likely N-dealkylation sites (tertiary alicyclic amines) is 1. The number of carbonyl (C=O) groups is 2. The lowest BCUT2D eigenvalue weighted by molar-refractivity contribution is -0.139. The van der Waals surface area contributed by atoms with E-state index in [2.05, 4.69) is 0 Å². The monoisotopic (exact) mass is 293 g/mol. The van der Waals surface area contributed by atoms with Crippen LogP contribution in [0.3, 0.4) is 0 Å². The molecule has 0 unspecified atom stereocenters. The second-order valence-corrected chi connectivity index (χ2v) is 5.57. The molecule has 0 bridgehead atoms. The van der Waals surface area contributed by atoms with Gasteiger partial charge in [0.15, 0.2) is 0 Å². The molecule has 1 heterocycles. The molecule has 0 saturated carbocycles. The zero-order valence-electron chi connectivity index (χ0n) is 12.1. The van der Waals surface area contributed by atoms with Gasteiger partial charge in [0.2, 0.25) is 0 Å². The summed E-state index contributed by atoms with van der Waals surface area (Å²) in [6.07, 6.45) is 1.72. The lowest BCUT2D eigenvalue weighted by atomic mass is 9.81. The topological polar surface area (TPSA) is 57.6 Å². The highest BCUT2D eigenvalue weighted by Gasteiger charge is 2.31. The van der Waals surface area contributed by atoms with Crippen molar-refractivity contribution in [1.82, 2.24) is 4.90 Å². The number of aliphatic carboxylic acids is 1. The number of carboxylic acids is 1. The molecule has 5 heteroatoms. The number of piperidine rings is 1. The van der Waals surface area contributed by atoms with Crippen molar-refractivity contribution in [1.29, 1.82) is 0 Å². The summed E-state index contributed by atoms with van der Waals surface area (Å²) < 4.78 is 12.9. The number of halogens is 1. The fourth-order valence-electron chi connectivity index (χ4n) is 3.00. The maximum absolute atomic E-state index is 12.9. The molecule has 0 aliphatic carbocycles. The zero-order chi connectivity index (χ0) is 15.4. The number of benzene rings is 1. The number of carbonyl (C=O) groups excluding carboxylic acids is 1. The lowest BCUT2D eigenvalue weighted by Crippen LogP contribution is -2.44. The van der Waals surface area contributed by atoms with E-state index in [1.54, 1.807) is 4.90 Å². The van der Waals surface area contributed by atoms with E-state index in [1.165, 1.54) is 24.3 Å². The van der Waals surface area contributed by atoms with Crippen molar-refractivity contribution >= 4 is 11.9 Å². The Hall–Kier alpha value is -1.91. The number of hydrogen-bond acceptors (Lipinski definition) is 2. The second-order valence-electron chi connectivity index (χ2n) is 5.57. The number of hydrogen-bond donors (Lipinski definition) is 1. The molecule has 1 fully saturated rings. The van der Waals surface area contributed by atoms with E-state index < -0.39 is 5.97 Å². The first-order chi connectivity index (χ1) is 10.0. The van der Waals surface area contributed by atoms with E-state index in [-0.39, 0.29) is 30.0 Å². The minimum atomic E-state index is -0.781. The Balaban J connectivity index is 2.04. The normalized spacial score (nSPS) is 22.1. The van der Waals surface area contributed by atoms with Crippen LogP contribution in [-0.4, -0.2) is 35.0 Å². The number of rotatable bonds is 4. The number of carboxylic acid groups (broad SMARTS) is 1. The van der Waals surface area contributed by atoms with Crippen molar-refractivity contribution in [2.45, 2.75) is 26.2 Å². The van der Waals surface area contributed by atoms with Gasteiger partial charge in [0.05, 0.1) is 0 Å². The van der Waals surface area contributed by atoms with Crippen LogP contribution < -0.4 is 0 Å². The molecule has 0 spiro atoms. The van der Waals surface area contributed by atoms with E-state index in [1.807, 2.05) is 6.92 Å². The van der Waals surface area contributed by atoms with Crippen LogP contribution in [0.1, 0.15) is 36.5 Å². The molecule has 1 aliphatic rings. The molecule has 2 atom stereocenters. The maximum atomic E-state index is 12.9. The molecule has 114 valence electrons. The van der Waals surface area contributed by atoms with Gasteiger partial charge in [0.1, 0.15) is 5.82 Å². The predicted molar refractivity (Wildman–Crippen MR) is 76.4 cm³/mol. The van der Waals surface area contributed by atoms with Crippen LogP contribution in [0, 0.1) is 17.7 Å². The average Bonchev–Trinajstić information content (AvgIpc) is 2.47. The lowest BCUT2D eigenvalue weighted by Gasteiger charge is -2.37.